The Labute approximate surface area is 151 Å². The van der Waals surface area contributed by atoms with Crippen molar-refractivity contribution in [3.63, 3.8) is 0 Å². The molecule has 0 saturated heterocycles. The minimum absolute atomic E-state index is 0.151. The lowest BCUT2D eigenvalue weighted by Gasteiger charge is -2.25. The van der Waals surface area contributed by atoms with E-state index in [9.17, 15) is 9.59 Å². The van der Waals surface area contributed by atoms with Crippen molar-refractivity contribution >= 4 is 22.5 Å². The molecule has 1 aliphatic rings. The van der Waals surface area contributed by atoms with Crippen LogP contribution < -0.4 is 15.6 Å². The van der Waals surface area contributed by atoms with Gasteiger partial charge in [0.05, 0.1) is 0 Å². The fourth-order valence-corrected chi connectivity index (χ4v) is 3.69. The molecule has 4 rings (SSSR count). The van der Waals surface area contributed by atoms with Crippen LogP contribution in [0.25, 0.3) is 10.9 Å². The van der Waals surface area contributed by atoms with Crippen LogP contribution >= 0.6 is 0 Å². The monoisotopic (exact) mass is 347 g/mol. The Morgan fingerprint density at radius 2 is 1.96 bits per heavy atom. The van der Waals surface area contributed by atoms with Gasteiger partial charge in [-0.05, 0) is 37.1 Å². The highest BCUT2D eigenvalue weighted by Gasteiger charge is 2.25. The topological polar surface area (TPSA) is 65.2 Å². The summed E-state index contributed by atoms with van der Waals surface area (Å²) in [6.07, 6.45) is 2.52. The number of benzene rings is 2. The van der Waals surface area contributed by atoms with Crippen LogP contribution in [-0.4, -0.2) is 30.0 Å². The van der Waals surface area contributed by atoms with Crippen molar-refractivity contribution < 1.29 is 4.79 Å². The first-order chi connectivity index (χ1) is 12.6. The molecule has 1 amide bonds. The van der Waals surface area contributed by atoms with Gasteiger partial charge >= 0.3 is 0 Å². The fraction of sp³-hybridized carbons (Fsp3) is 0.238. The Bertz CT molecular complexity index is 1020. The van der Waals surface area contributed by atoms with Crippen molar-refractivity contribution in [1.29, 1.82) is 0 Å². The van der Waals surface area contributed by atoms with Gasteiger partial charge in [0.2, 0.25) is 5.43 Å². The first kappa shape index (κ1) is 16.4. The van der Waals surface area contributed by atoms with E-state index < -0.39 is 0 Å². The van der Waals surface area contributed by atoms with Gasteiger partial charge in [-0.2, -0.15) is 0 Å². The number of amides is 1. The Hall–Kier alpha value is -3.08. The number of nitrogens with one attached hydrogen (secondary N) is 2. The number of carbonyl (C=O) groups is 1. The molecule has 1 aliphatic heterocycles. The zero-order valence-corrected chi connectivity index (χ0v) is 14.7. The van der Waals surface area contributed by atoms with E-state index in [1.807, 2.05) is 18.2 Å². The zero-order valence-electron chi connectivity index (χ0n) is 14.7. The van der Waals surface area contributed by atoms with E-state index in [1.165, 1.54) is 17.4 Å². The number of nitrogens with zero attached hydrogens (tertiary/aromatic N) is 1. The third-order valence-electron chi connectivity index (χ3n) is 5.02. The summed E-state index contributed by atoms with van der Waals surface area (Å²) in [5.74, 6) is -0.336. The first-order valence-corrected chi connectivity index (χ1v) is 8.88. The average molecular weight is 347 g/mol. The molecule has 0 radical (unpaired) electrons. The highest BCUT2D eigenvalue weighted by molar-refractivity contribution is 5.97. The van der Waals surface area contributed by atoms with E-state index in [-0.39, 0.29) is 16.9 Å². The maximum absolute atomic E-state index is 12.5. The summed E-state index contributed by atoms with van der Waals surface area (Å²) >= 11 is 0. The van der Waals surface area contributed by atoms with E-state index in [2.05, 4.69) is 40.3 Å². The summed E-state index contributed by atoms with van der Waals surface area (Å²) in [5, 5.41) is 3.41. The summed E-state index contributed by atoms with van der Waals surface area (Å²) in [7, 11) is 0. The van der Waals surface area contributed by atoms with Gasteiger partial charge < -0.3 is 15.2 Å². The number of fused-ring (bicyclic) bond motifs is 2. The highest BCUT2D eigenvalue weighted by atomic mass is 16.2. The van der Waals surface area contributed by atoms with Crippen molar-refractivity contribution in [1.82, 2.24) is 10.3 Å². The Balaban J connectivity index is 1.45. The standard InChI is InChI=1S/C21H21N3O2/c1-14-12-15-6-2-5-9-19(15)24(14)11-10-22-21(26)17-13-23-18-8-4-3-7-16(18)20(17)25/h2-9,13-14H,10-12H2,1H3,(H,22,26)(H,23,25). The summed E-state index contributed by atoms with van der Waals surface area (Å²) in [4.78, 5) is 30.3. The number of rotatable bonds is 4. The van der Waals surface area contributed by atoms with Crippen LogP contribution in [0, 0.1) is 0 Å². The molecule has 0 fully saturated rings. The molecule has 0 aliphatic carbocycles. The van der Waals surface area contributed by atoms with Gasteiger partial charge in [0.1, 0.15) is 5.56 Å². The van der Waals surface area contributed by atoms with Gasteiger partial charge in [0.15, 0.2) is 0 Å². The summed E-state index contributed by atoms with van der Waals surface area (Å²) < 4.78 is 0. The second kappa shape index (κ2) is 6.67. The van der Waals surface area contributed by atoms with Gasteiger partial charge in [-0.3, -0.25) is 9.59 Å². The van der Waals surface area contributed by atoms with Crippen molar-refractivity contribution in [3.05, 3.63) is 76.1 Å². The number of H-pyrrole nitrogens is 1. The Kier molecular flexibility index (Phi) is 4.21. The van der Waals surface area contributed by atoms with Gasteiger partial charge in [0, 0.05) is 41.9 Å². The smallest absolute Gasteiger partial charge is 0.256 e. The number of carbonyl (C=O) groups excluding carboxylic acids is 1. The number of hydrogen-bond donors (Lipinski definition) is 2. The van der Waals surface area contributed by atoms with Crippen LogP contribution in [0.5, 0.6) is 0 Å². The number of aromatic amines is 1. The molecule has 26 heavy (non-hydrogen) atoms. The Morgan fingerprint density at radius 1 is 1.19 bits per heavy atom. The quantitative estimate of drug-likeness (QED) is 0.763. The second-order valence-corrected chi connectivity index (χ2v) is 6.71. The molecule has 3 aromatic rings. The molecule has 2 N–H and O–H groups in total. The van der Waals surface area contributed by atoms with Crippen LogP contribution in [0.4, 0.5) is 5.69 Å². The molecular formula is C21H21N3O2. The normalized spacial score (nSPS) is 15.9. The summed E-state index contributed by atoms with van der Waals surface area (Å²) in [6.45, 7) is 3.40. The molecule has 1 atom stereocenters. The van der Waals surface area contributed by atoms with Gasteiger partial charge in [-0.25, -0.2) is 0 Å². The molecule has 132 valence electrons. The third-order valence-corrected chi connectivity index (χ3v) is 5.02. The van der Waals surface area contributed by atoms with Crippen LogP contribution in [0.15, 0.2) is 59.5 Å². The van der Waals surface area contributed by atoms with Crippen LogP contribution in [0.3, 0.4) is 0 Å². The van der Waals surface area contributed by atoms with Crippen molar-refractivity contribution in [2.45, 2.75) is 19.4 Å². The van der Waals surface area contributed by atoms with E-state index >= 15 is 0 Å². The molecule has 0 spiro atoms. The predicted molar refractivity (Wildman–Crippen MR) is 104 cm³/mol. The third kappa shape index (κ3) is 2.86. The fourth-order valence-electron chi connectivity index (χ4n) is 3.69. The molecule has 2 aromatic carbocycles. The minimum atomic E-state index is -0.336. The lowest BCUT2D eigenvalue weighted by atomic mass is 10.1. The van der Waals surface area contributed by atoms with Crippen molar-refractivity contribution in [2.24, 2.45) is 0 Å². The van der Waals surface area contributed by atoms with Crippen LogP contribution in [0.2, 0.25) is 0 Å². The SMILES string of the molecule is CC1Cc2ccccc2N1CCNC(=O)c1c[nH]c2ccccc2c1=O. The number of aromatic nitrogens is 1. The second-order valence-electron chi connectivity index (χ2n) is 6.71. The van der Waals surface area contributed by atoms with E-state index in [1.54, 1.807) is 12.1 Å². The minimum Gasteiger partial charge on any atom is -0.367 e. The zero-order chi connectivity index (χ0) is 18.1. The molecule has 0 saturated carbocycles. The molecule has 1 aromatic heterocycles. The van der Waals surface area contributed by atoms with Crippen molar-refractivity contribution in [2.75, 3.05) is 18.0 Å². The van der Waals surface area contributed by atoms with Gasteiger partial charge in [-0.1, -0.05) is 30.3 Å². The number of para-hydroxylation sites is 2. The largest absolute Gasteiger partial charge is 0.367 e. The maximum atomic E-state index is 12.5. The van der Waals surface area contributed by atoms with Gasteiger partial charge in [0.25, 0.3) is 5.91 Å². The molecule has 1 unspecified atom stereocenters. The molecule has 5 nitrogen and oxygen atoms in total. The highest BCUT2D eigenvalue weighted by Crippen LogP contribution is 2.31. The van der Waals surface area contributed by atoms with E-state index in [4.69, 9.17) is 0 Å². The van der Waals surface area contributed by atoms with Crippen LogP contribution in [0.1, 0.15) is 22.8 Å². The number of hydrogen-bond acceptors (Lipinski definition) is 3. The van der Waals surface area contributed by atoms with E-state index in [0.717, 1.165) is 18.5 Å². The molecule has 2 heterocycles. The van der Waals surface area contributed by atoms with Crippen LogP contribution in [-0.2, 0) is 6.42 Å². The van der Waals surface area contributed by atoms with Gasteiger partial charge in [-0.15, -0.1) is 0 Å². The summed E-state index contributed by atoms with van der Waals surface area (Å²) in [5.41, 5.74) is 3.22. The molecular weight excluding hydrogens is 326 g/mol. The summed E-state index contributed by atoms with van der Waals surface area (Å²) in [6, 6.07) is 16.0. The maximum Gasteiger partial charge on any atom is 0.256 e. The van der Waals surface area contributed by atoms with Crippen molar-refractivity contribution in [3.8, 4) is 0 Å². The van der Waals surface area contributed by atoms with E-state index in [0.29, 0.717) is 18.0 Å². The predicted octanol–water partition coefficient (Wildman–Crippen LogP) is 2.71. The number of pyridine rings is 1. The Morgan fingerprint density at radius 3 is 2.85 bits per heavy atom. The first-order valence-electron chi connectivity index (χ1n) is 8.88. The molecule has 5 heteroatoms. The average Bonchev–Trinajstić information content (AvgIpc) is 2.97. The lowest BCUT2D eigenvalue weighted by molar-refractivity contribution is 0.0953. The molecule has 0 bridgehead atoms. The lowest BCUT2D eigenvalue weighted by Crippen LogP contribution is -2.39. The number of anilines is 1.